The highest BCUT2D eigenvalue weighted by Crippen LogP contribution is 2.20. The first-order chi connectivity index (χ1) is 9.65. The summed E-state index contributed by atoms with van der Waals surface area (Å²) < 4.78 is 1.38. The van der Waals surface area contributed by atoms with Crippen LogP contribution in [0, 0.1) is 0 Å². The van der Waals surface area contributed by atoms with Crippen LogP contribution >= 0.6 is 11.3 Å². The molecule has 0 amide bonds. The summed E-state index contributed by atoms with van der Waals surface area (Å²) in [6.45, 7) is 0.0983. The van der Waals surface area contributed by atoms with Crippen molar-refractivity contribution in [3.63, 3.8) is 0 Å². The van der Waals surface area contributed by atoms with E-state index in [4.69, 9.17) is 0 Å². The number of nitrogens with zero attached hydrogens (tertiary/aromatic N) is 2. The van der Waals surface area contributed by atoms with E-state index in [1.807, 2.05) is 5.38 Å². The molecule has 0 aliphatic heterocycles. The van der Waals surface area contributed by atoms with E-state index in [1.165, 1.54) is 34.4 Å². The first kappa shape index (κ1) is 12.8. The molecule has 5 nitrogen and oxygen atoms in total. The second-order valence-electron chi connectivity index (χ2n) is 4.45. The van der Waals surface area contributed by atoms with Gasteiger partial charge in [0.05, 0.1) is 24.4 Å². The Labute approximate surface area is 118 Å². The molecule has 3 rings (SSSR count). The van der Waals surface area contributed by atoms with Crippen LogP contribution in [0.15, 0.2) is 46.8 Å². The summed E-state index contributed by atoms with van der Waals surface area (Å²) in [4.78, 5) is 17.1. The number of hydrogen-bond acceptors (Lipinski definition) is 5. The van der Waals surface area contributed by atoms with Crippen molar-refractivity contribution in [3.05, 3.63) is 58.0 Å². The maximum atomic E-state index is 12.2. The Balaban J connectivity index is 1.93. The summed E-state index contributed by atoms with van der Waals surface area (Å²) in [5.74, 6) is 0.0836. The molecule has 1 unspecified atom stereocenters. The zero-order chi connectivity index (χ0) is 14.1. The summed E-state index contributed by atoms with van der Waals surface area (Å²) in [5, 5.41) is 21.9. The molecule has 2 aromatic heterocycles. The Morgan fingerprint density at radius 2 is 2.20 bits per heavy atom. The number of aromatic nitrogens is 2. The van der Waals surface area contributed by atoms with Gasteiger partial charge in [-0.25, -0.2) is 4.98 Å². The predicted octanol–water partition coefficient (Wildman–Crippen LogP) is 1.90. The second-order valence-corrected chi connectivity index (χ2v) is 5.35. The molecule has 0 spiro atoms. The van der Waals surface area contributed by atoms with Crippen LogP contribution in [0.1, 0.15) is 11.7 Å². The minimum absolute atomic E-state index is 0.0836. The van der Waals surface area contributed by atoms with E-state index in [0.717, 1.165) is 0 Å². The number of hydrogen-bond donors (Lipinski definition) is 2. The van der Waals surface area contributed by atoms with E-state index < -0.39 is 6.10 Å². The van der Waals surface area contributed by atoms with Gasteiger partial charge in [-0.2, -0.15) is 0 Å². The highest BCUT2D eigenvalue weighted by molar-refractivity contribution is 7.16. The van der Waals surface area contributed by atoms with Crippen molar-refractivity contribution in [2.75, 3.05) is 0 Å². The van der Waals surface area contributed by atoms with Crippen molar-refractivity contribution in [2.45, 2.75) is 12.6 Å². The summed E-state index contributed by atoms with van der Waals surface area (Å²) in [6.07, 6.45) is 0.561. The molecule has 1 atom stereocenters. The molecular formula is C14H12N2O3S. The molecule has 20 heavy (non-hydrogen) atoms. The molecular weight excluding hydrogens is 276 g/mol. The summed E-state index contributed by atoms with van der Waals surface area (Å²) >= 11 is 1.41. The van der Waals surface area contributed by atoms with Crippen LogP contribution in [0.3, 0.4) is 0 Å². The lowest BCUT2D eigenvalue weighted by Gasteiger charge is -2.13. The molecule has 0 aliphatic carbocycles. The van der Waals surface area contributed by atoms with E-state index in [1.54, 1.807) is 18.2 Å². The van der Waals surface area contributed by atoms with Crippen molar-refractivity contribution in [3.8, 4) is 5.75 Å². The van der Waals surface area contributed by atoms with Gasteiger partial charge in [0.25, 0.3) is 5.56 Å². The standard InChI is InChI=1S/C14H12N2O3S/c17-10-3-1-2-9(6-10)12(18)7-16-8-15-13-11(14(16)19)4-5-20-13/h1-6,8,12,17-18H,7H2. The normalized spacial score (nSPS) is 12.7. The minimum atomic E-state index is -0.877. The van der Waals surface area contributed by atoms with E-state index in [0.29, 0.717) is 15.8 Å². The number of aliphatic hydroxyl groups excluding tert-OH is 1. The van der Waals surface area contributed by atoms with Gasteiger partial charge in [-0.3, -0.25) is 9.36 Å². The van der Waals surface area contributed by atoms with Crippen LogP contribution in [0.4, 0.5) is 0 Å². The molecule has 0 saturated heterocycles. The lowest BCUT2D eigenvalue weighted by atomic mass is 10.1. The fraction of sp³-hybridized carbons (Fsp3) is 0.143. The van der Waals surface area contributed by atoms with Gasteiger partial charge in [-0.1, -0.05) is 12.1 Å². The van der Waals surface area contributed by atoms with Crippen molar-refractivity contribution in [1.82, 2.24) is 9.55 Å². The predicted molar refractivity (Wildman–Crippen MR) is 76.9 cm³/mol. The molecule has 102 valence electrons. The number of aromatic hydroxyl groups is 1. The van der Waals surface area contributed by atoms with Crippen LogP contribution in [0.25, 0.3) is 10.2 Å². The van der Waals surface area contributed by atoms with Crippen molar-refractivity contribution in [2.24, 2.45) is 0 Å². The maximum Gasteiger partial charge on any atom is 0.262 e. The molecule has 0 fully saturated rings. The zero-order valence-electron chi connectivity index (χ0n) is 10.4. The van der Waals surface area contributed by atoms with Gasteiger partial charge in [0.15, 0.2) is 0 Å². The smallest absolute Gasteiger partial charge is 0.262 e. The number of fused-ring (bicyclic) bond motifs is 1. The van der Waals surface area contributed by atoms with Gasteiger partial charge in [0.2, 0.25) is 0 Å². The molecule has 3 aromatic rings. The van der Waals surface area contributed by atoms with Gasteiger partial charge in [0, 0.05) is 0 Å². The Morgan fingerprint density at radius 3 is 3.00 bits per heavy atom. The molecule has 2 N–H and O–H groups in total. The summed E-state index contributed by atoms with van der Waals surface area (Å²) in [6, 6.07) is 8.09. The lowest BCUT2D eigenvalue weighted by Crippen LogP contribution is -2.23. The summed E-state index contributed by atoms with van der Waals surface area (Å²) in [5.41, 5.74) is 0.387. The average Bonchev–Trinajstić information content (AvgIpc) is 2.91. The van der Waals surface area contributed by atoms with Gasteiger partial charge in [-0.15, -0.1) is 11.3 Å². The van der Waals surface area contributed by atoms with E-state index >= 15 is 0 Å². The maximum absolute atomic E-state index is 12.2. The number of phenols is 1. The Bertz CT molecular complexity index is 809. The SMILES string of the molecule is O=c1c2ccsc2ncn1CC(O)c1cccc(O)c1. The van der Waals surface area contributed by atoms with Gasteiger partial charge >= 0.3 is 0 Å². The van der Waals surface area contributed by atoms with Gasteiger partial charge in [0.1, 0.15) is 10.6 Å². The fourth-order valence-corrected chi connectivity index (χ4v) is 2.77. The lowest BCUT2D eigenvalue weighted by molar-refractivity contribution is 0.154. The number of phenolic OH excluding ortho intramolecular Hbond substituents is 1. The van der Waals surface area contributed by atoms with Gasteiger partial charge in [-0.05, 0) is 29.1 Å². The van der Waals surface area contributed by atoms with E-state index in [-0.39, 0.29) is 17.9 Å². The largest absolute Gasteiger partial charge is 0.508 e. The number of aliphatic hydroxyl groups is 1. The highest BCUT2D eigenvalue weighted by atomic mass is 32.1. The Hall–Kier alpha value is -2.18. The van der Waals surface area contributed by atoms with Crippen molar-refractivity contribution >= 4 is 21.6 Å². The third kappa shape index (κ3) is 2.31. The third-order valence-electron chi connectivity index (χ3n) is 3.08. The number of thiophene rings is 1. The number of rotatable bonds is 3. The topological polar surface area (TPSA) is 75.4 Å². The first-order valence-corrected chi connectivity index (χ1v) is 6.93. The highest BCUT2D eigenvalue weighted by Gasteiger charge is 2.12. The first-order valence-electron chi connectivity index (χ1n) is 6.05. The molecule has 0 radical (unpaired) electrons. The molecule has 6 heteroatoms. The molecule has 0 aliphatic rings. The quantitative estimate of drug-likeness (QED) is 0.772. The average molecular weight is 288 g/mol. The summed E-state index contributed by atoms with van der Waals surface area (Å²) in [7, 11) is 0. The number of benzene rings is 1. The van der Waals surface area contributed by atoms with Crippen molar-refractivity contribution in [1.29, 1.82) is 0 Å². The van der Waals surface area contributed by atoms with E-state index in [9.17, 15) is 15.0 Å². The van der Waals surface area contributed by atoms with Crippen LogP contribution in [0.5, 0.6) is 5.75 Å². The van der Waals surface area contributed by atoms with Crippen LogP contribution in [0.2, 0.25) is 0 Å². The molecule has 2 heterocycles. The Kier molecular flexibility index (Phi) is 3.25. The van der Waals surface area contributed by atoms with Crippen LogP contribution in [-0.4, -0.2) is 19.8 Å². The monoisotopic (exact) mass is 288 g/mol. The molecule has 0 saturated carbocycles. The Morgan fingerprint density at radius 1 is 1.35 bits per heavy atom. The molecule has 1 aromatic carbocycles. The fourth-order valence-electron chi connectivity index (χ4n) is 2.05. The van der Waals surface area contributed by atoms with Crippen molar-refractivity contribution < 1.29 is 10.2 Å². The molecule has 0 bridgehead atoms. The van der Waals surface area contributed by atoms with E-state index in [2.05, 4.69) is 4.98 Å². The van der Waals surface area contributed by atoms with Crippen LogP contribution in [-0.2, 0) is 6.54 Å². The van der Waals surface area contributed by atoms with Gasteiger partial charge < -0.3 is 10.2 Å². The minimum Gasteiger partial charge on any atom is -0.508 e. The van der Waals surface area contributed by atoms with Crippen LogP contribution < -0.4 is 5.56 Å². The zero-order valence-corrected chi connectivity index (χ0v) is 11.2. The third-order valence-corrected chi connectivity index (χ3v) is 3.90. The second kappa shape index (κ2) is 5.07.